The van der Waals surface area contributed by atoms with Gasteiger partial charge in [-0.05, 0) is 61.2 Å². The highest BCUT2D eigenvalue weighted by atomic mass is 32.1. The molecule has 150 valence electrons. The van der Waals surface area contributed by atoms with Gasteiger partial charge in [0, 0.05) is 16.3 Å². The molecule has 0 saturated carbocycles. The molecule has 0 radical (unpaired) electrons. The average Bonchev–Trinajstić information content (AvgIpc) is 3.39. The number of hydrogen-bond donors (Lipinski definition) is 0. The van der Waals surface area contributed by atoms with E-state index in [1.165, 1.54) is 15.3 Å². The summed E-state index contributed by atoms with van der Waals surface area (Å²) in [4.78, 5) is 32.3. The lowest BCUT2D eigenvalue weighted by atomic mass is 9.98. The van der Waals surface area contributed by atoms with Gasteiger partial charge < -0.3 is 9.64 Å². The van der Waals surface area contributed by atoms with Gasteiger partial charge in [-0.2, -0.15) is 0 Å². The first-order valence-corrected chi connectivity index (χ1v) is 11.7. The maximum atomic E-state index is 13.4. The molecule has 0 spiro atoms. The number of carbonyl (C=O) groups is 2. The van der Waals surface area contributed by atoms with Crippen molar-refractivity contribution < 1.29 is 14.3 Å². The number of amides is 1. The SMILES string of the molecule is CCOC(=O)C1CCCCN1CC(=O)N1CCc2sccc2C1c1cccs1. The zero-order valence-electron chi connectivity index (χ0n) is 16.1. The highest BCUT2D eigenvalue weighted by Gasteiger charge is 2.36. The van der Waals surface area contributed by atoms with Gasteiger partial charge in [-0.15, -0.1) is 22.7 Å². The number of piperidine rings is 1. The molecule has 2 aliphatic rings. The molecule has 7 heteroatoms. The summed E-state index contributed by atoms with van der Waals surface area (Å²) in [5.41, 5.74) is 1.26. The molecule has 28 heavy (non-hydrogen) atoms. The Morgan fingerprint density at radius 3 is 2.86 bits per heavy atom. The Morgan fingerprint density at radius 2 is 2.07 bits per heavy atom. The maximum Gasteiger partial charge on any atom is 0.323 e. The average molecular weight is 419 g/mol. The maximum absolute atomic E-state index is 13.4. The minimum Gasteiger partial charge on any atom is -0.465 e. The number of carbonyl (C=O) groups excluding carboxylic acids is 2. The fraction of sp³-hybridized carbons (Fsp3) is 0.524. The number of fused-ring (bicyclic) bond motifs is 1. The lowest BCUT2D eigenvalue weighted by molar-refractivity contribution is -0.152. The minimum absolute atomic E-state index is 0.00617. The number of hydrogen-bond acceptors (Lipinski definition) is 6. The van der Waals surface area contributed by atoms with Gasteiger partial charge in [0.05, 0.1) is 19.2 Å². The summed E-state index contributed by atoms with van der Waals surface area (Å²) in [6, 6.07) is 6.02. The number of nitrogens with zero attached hydrogens (tertiary/aromatic N) is 2. The third kappa shape index (κ3) is 3.88. The number of rotatable bonds is 5. The molecule has 0 N–H and O–H groups in total. The summed E-state index contributed by atoms with van der Waals surface area (Å²) in [5.74, 6) is -0.0879. The minimum atomic E-state index is -0.292. The molecule has 2 aromatic rings. The van der Waals surface area contributed by atoms with E-state index in [4.69, 9.17) is 4.74 Å². The predicted octanol–water partition coefficient (Wildman–Crippen LogP) is 3.70. The Balaban J connectivity index is 1.54. The summed E-state index contributed by atoms with van der Waals surface area (Å²) in [7, 11) is 0. The Hall–Kier alpha value is -1.70. The lowest BCUT2D eigenvalue weighted by Crippen LogP contribution is -2.51. The second-order valence-electron chi connectivity index (χ2n) is 7.29. The summed E-state index contributed by atoms with van der Waals surface area (Å²) >= 11 is 3.48. The van der Waals surface area contributed by atoms with Crippen LogP contribution in [0.4, 0.5) is 0 Å². The second kappa shape index (κ2) is 8.76. The van der Waals surface area contributed by atoms with E-state index in [1.54, 1.807) is 22.7 Å². The molecule has 1 saturated heterocycles. The van der Waals surface area contributed by atoms with E-state index in [0.717, 1.165) is 38.8 Å². The quantitative estimate of drug-likeness (QED) is 0.695. The van der Waals surface area contributed by atoms with E-state index in [-0.39, 0.29) is 30.5 Å². The van der Waals surface area contributed by atoms with Crippen LogP contribution in [0.15, 0.2) is 29.0 Å². The molecule has 4 heterocycles. The predicted molar refractivity (Wildman–Crippen MR) is 112 cm³/mol. The zero-order chi connectivity index (χ0) is 19.5. The van der Waals surface area contributed by atoms with Crippen molar-refractivity contribution in [3.8, 4) is 0 Å². The van der Waals surface area contributed by atoms with Gasteiger partial charge in [0.25, 0.3) is 0 Å². The highest BCUT2D eigenvalue weighted by molar-refractivity contribution is 7.10. The Labute approximate surface area is 173 Å². The number of likely N-dealkylation sites (tertiary alicyclic amines) is 1. The molecule has 1 fully saturated rings. The Bertz CT molecular complexity index is 817. The molecule has 0 aromatic carbocycles. The number of thiophene rings is 2. The van der Waals surface area contributed by atoms with E-state index >= 15 is 0 Å². The molecule has 0 bridgehead atoms. The van der Waals surface area contributed by atoms with Crippen LogP contribution in [0.3, 0.4) is 0 Å². The fourth-order valence-electron chi connectivity index (χ4n) is 4.29. The molecule has 5 nitrogen and oxygen atoms in total. The molecule has 2 aromatic heterocycles. The molecular formula is C21H26N2O3S2. The zero-order valence-corrected chi connectivity index (χ0v) is 17.8. The first-order chi connectivity index (χ1) is 13.7. The third-order valence-corrected chi connectivity index (χ3v) is 7.53. The summed E-state index contributed by atoms with van der Waals surface area (Å²) in [5, 5.41) is 4.20. The molecule has 2 unspecified atom stereocenters. The van der Waals surface area contributed by atoms with Crippen LogP contribution in [0.1, 0.15) is 47.5 Å². The number of ether oxygens (including phenoxy) is 1. The van der Waals surface area contributed by atoms with Crippen LogP contribution in [0.5, 0.6) is 0 Å². The Morgan fingerprint density at radius 1 is 1.18 bits per heavy atom. The van der Waals surface area contributed by atoms with Crippen LogP contribution in [-0.4, -0.2) is 54.0 Å². The van der Waals surface area contributed by atoms with Crippen molar-refractivity contribution in [1.29, 1.82) is 0 Å². The van der Waals surface area contributed by atoms with E-state index in [2.05, 4.69) is 22.9 Å². The van der Waals surface area contributed by atoms with Crippen molar-refractivity contribution in [2.24, 2.45) is 0 Å². The largest absolute Gasteiger partial charge is 0.465 e. The van der Waals surface area contributed by atoms with Crippen LogP contribution in [-0.2, 0) is 20.7 Å². The first-order valence-electron chi connectivity index (χ1n) is 9.99. The van der Waals surface area contributed by atoms with Crippen LogP contribution in [0.25, 0.3) is 0 Å². The lowest BCUT2D eigenvalue weighted by Gasteiger charge is -2.39. The fourth-order valence-corrected chi connectivity index (χ4v) is 6.05. The van der Waals surface area contributed by atoms with Crippen LogP contribution in [0, 0.1) is 0 Å². The van der Waals surface area contributed by atoms with Gasteiger partial charge in [0.2, 0.25) is 5.91 Å². The van der Waals surface area contributed by atoms with Crippen LogP contribution in [0.2, 0.25) is 0 Å². The van der Waals surface area contributed by atoms with Gasteiger partial charge >= 0.3 is 5.97 Å². The second-order valence-corrected chi connectivity index (χ2v) is 9.27. The monoisotopic (exact) mass is 418 g/mol. The molecular weight excluding hydrogens is 392 g/mol. The standard InChI is InChI=1S/C21H26N2O3S2/c1-2-26-21(25)16-6-3-4-10-22(16)14-19(24)23-11-8-17-15(9-13-28-17)20(23)18-7-5-12-27-18/h5,7,9,12-13,16,20H,2-4,6,8,10-11,14H2,1H3. The van der Waals surface area contributed by atoms with Crippen molar-refractivity contribution >= 4 is 34.6 Å². The van der Waals surface area contributed by atoms with Gasteiger partial charge in [-0.25, -0.2) is 0 Å². The van der Waals surface area contributed by atoms with Gasteiger partial charge in [-0.1, -0.05) is 12.5 Å². The summed E-state index contributed by atoms with van der Waals surface area (Å²) < 4.78 is 5.25. The summed E-state index contributed by atoms with van der Waals surface area (Å²) in [6.45, 7) is 3.99. The van der Waals surface area contributed by atoms with E-state index < -0.39 is 0 Å². The van der Waals surface area contributed by atoms with E-state index in [1.807, 2.05) is 22.8 Å². The van der Waals surface area contributed by atoms with Crippen molar-refractivity contribution in [3.63, 3.8) is 0 Å². The first kappa shape index (κ1) is 19.6. The highest BCUT2D eigenvalue weighted by Crippen LogP contribution is 2.39. The van der Waals surface area contributed by atoms with Crippen molar-refractivity contribution in [3.05, 3.63) is 44.3 Å². The van der Waals surface area contributed by atoms with Crippen LogP contribution >= 0.6 is 22.7 Å². The molecule has 4 rings (SSSR count). The molecule has 1 amide bonds. The van der Waals surface area contributed by atoms with Crippen LogP contribution < -0.4 is 0 Å². The van der Waals surface area contributed by atoms with E-state index in [0.29, 0.717) is 6.61 Å². The normalized spacial score (nSPS) is 22.7. The van der Waals surface area contributed by atoms with Gasteiger partial charge in [0.15, 0.2) is 0 Å². The van der Waals surface area contributed by atoms with Gasteiger partial charge in [-0.3, -0.25) is 14.5 Å². The van der Waals surface area contributed by atoms with Crippen molar-refractivity contribution in [1.82, 2.24) is 9.80 Å². The van der Waals surface area contributed by atoms with Crippen molar-refractivity contribution in [2.45, 2.75) is 44.7 Å². The van der Waals surface area contributed by atoms with Crippen molar-refractivity contribution in [2.75, 3.05) is 26.2 Å². The van der Waals surface area contributed by atoms with Gasteiger partial charge in [0.1, 0.15) is 6.04 Å². The topological polar surface area (TPSA) is 49.9 Å². The molecule has 0 aliphatic carbocycles. The molecule has 2 aliphatic heterocycles. The third-order valence-electron chi connectivity index (χ3n) is 5.61. The van der Waals surface area contributed by atoms with E-state index in [9.17, 15) is 9.59 Å². The molecule has 2 atom stereocenters. The Kier molecular flexibility index (Phi) is 6.13. The smallest absolute Gasteiger partial charge is 0.323 e. The number of esters is 1. The summed E-state index contributed by atoms with van der Waals surface area (Å²) in [6.07, 6.45) is 3.71.